The lowest BCUT2D eigenvalue weighted by Crippen LogP contribution is -2.33. The molecule has 2 aromatic carbocycles. The summed E-state index contributed by atoms with van der Waals surface area (Å²) in [4.78, 5) is 25.7. The highest BCUT2D eigenvalue weighted by molar-refractivity contribution is 8.26. The van der Waals surface area contributed by atoms with Gasteiger partial charge >= 0.3 is 5.97 Å². The van der Waals surface area contributed by atoms with Crippen LogP contribution in [0.5, 0.6) is 0 Å². The fourth-order valence-electron chi connectivity index (χ4n) is 4.58. The van der Waals surface area contributed by atoms with Gasteiger partial charge in [-0.15, -0.1) is 0 Å². The number of carbonyl (C=O) groups excluding carboxylic acids is 1. The van der Waals surface area contributed by atoms with Crippen LogP contribution in [0.1, 0.15) is 31.2 Å². The van der Waals surface area contributed by atoms with E-state index in [0.717, 1.165) is 48.0 Å². The number of para-hydroxylation sites is 1. The van der Waals surface area contributed by atoms with Crippen LogP contribution in [-0.4, -0.2) is 68.3 Å². The van der Waals surface area contributed by atoms with Crippen LogP contribution in [0, 0.1) is 0 Å². The van der Waals surface area contributed by atoms with Crippen LogP contribution in [-0.2, 0) is 19.6 Å². The summed E-state index contributed by atoms with van der Waals surface area (Å²) in [7, 11) is -3.69. The summed E-state index contributed by atoms with van der Waals surface area (Å²) < 4.78 is 30.4. The highest BCUT2D eigenvalue weighted by Gasteiger charge is 2.34. The van der Waals surface area contributed by atoms with Crippen LogP contribution in [0.15, 0.2) is 70.6 Å². The Balaban J connectivity index is 1.57. The van der Waals surface area contributed by atoms with Gasteiger partial charge in [0.05, 0.1) is 15.5 Å². The highest BCUT2D eigenvalue weighted by Crippen LogP contribution is 2.35. The fourth-order valence-corrected chi connectivity index (χ4v) is 7.39. The molecule has 1 aromatic heterocycles. The smallest absolute Gasteiger partial charge is 0.323 e. The van der Waals surface area contributed by atoms with E-state index in [1.54, 1.807) is 45.5 Å². The number of carboxylic acids is 1. The summed E-state index contributed by atoms with van der Waals surface area (Å²) >= 11 is 6.26. The third kappa shape index (κ3) is 5.83. The summed E-state index contributed by atoms with van der Waals surface area (Å²) in [5, 5.41) is 13.9. The normalized spacial score (nSPS) is 18.1. The SMILES string of the molecule is O=C(O)CN1C(=O)/C(=C/c2cn(-c3ccccc3)nc2-c2cccc(S(=O)(=O)N3CCCCCC3)c2)SC1=S. The van der Waals surface area contributed by atoms with E-state index in [4.69, 9.17) is 22.4 Å². The quantitative estimate of drug-likeness (QED) is 0.323. The summed E-state index contributed by atoms with van der Waals surface area (Å²) in [6, 6.07) is 16.1. The second kappa shape index (κ2) is 11.4. The first-order valence-corrected chi connectivity index (χ1v) is 15.1. The fraction of sp³-hybridized carbons (Fsp3) is 0.259. The van der Waals surface area contributed by atoms with E-state index >= 15 is 0 Å². The first-order chi connectivity index (χ1) is 18.7. The lowest BCUT2D eigenvalue weighted by molar-refractivity contribution is -0.140. The van der Waals surface area contributed by atoms with Gasteiger partial charge < -0.3 is 5.11 Å². The summed E-state index contributed by atoms with van der Waals surface area (Å²) in [6.45, 7) is 0.478. The van der Waals surface area contributed by atoms with E-state index in [1.165, 1.54) is 0 Å². The second-order valence-corrected chi connectivity index (χ2v) is 12.8. The molecule has 12 heteroatoms. The molecule has 2 saturated heterocycles. The Hall–Kier alpha value is -3.32. The number of amides is 1. The van der Waals surface area contributed by atoms with Crippen LogP contribution >= 0.6 is 24.0 Å². The average molecular weight is 583 g/mol. The molecule has 2 aliphatic heterocycles. The van der Waals surface area contributed by atoms with Crippen molar-refractivity contribution in [3.05, 3.63) is 71.3 Å². The number of benzene rings is 2. The van der Waals surface area contributed by atoms with E-state index in [-0.39, 0.29) is 14.1 Å². The number of thiocarbonyl (C=S) groups is 1. The molecule has 202 valence electrons. The maximum atomic E-state index is 13.5. The van der Waals surface area contributed by atoms with Crippen LogP contribution in [0.2, 0.25) is 0 Å². The molecular formula is C27H26N4O5S3. The molecule has 0 spiro atoms. The zero-order valence-corrected chi connectivity index (χ0v) is 23.3. The number of carboxylic acid groups (broad SMARTS) is 1. The molecule has 2 aliphatic rings. The standard InChI is InChI=1S/C27H26N4O5S3/c32-24(33)18-30-26(34)23(38-27(30)37)16-20-17-31(21-10-4-3-5-11-21)28-25(20)19-9-8-12-22(15-19)39(35,36)29-13-6-1-2-7-14-29/h3-5,8-12,15-17H,1-2,6-7,13-14,18H2,(H,32,33)/b23-16-. The monoisotopic (exact) mass is 582 g/mol. The minimum Gasteiger partial charge on any atom is -0.480 e. The van der Waals surface area contributed by atoms with Crippen LogP contribution < -0.4 is 0 Å². The number of carbonyl (C=O) groups is 2. The van der Waals surface area contributed by atoms with Gasteiger partial charge in [0.2, 0.25) is 10.0 Å². The van der Waals surface area contributed by atoms with Gasteiger partial charge in [0.25, 0.3) is 5.91 Å². The van der Waals surface area contributed by atoms with E-state index in [0.29, 0.717) is 29.9 Å². The van der Waals surface area contributed by atoms with Crippen molar-refractivity contribution in [3.63, 3.8) is 0 Å². The van der Waals surface area contributed by atoms with E-state index in [1.807, 2.05) is 30.3 Å². The number of aliphatic carboxylic acids is 1. The Morgan fingerprint density at radius 1 is 1.05 bits per heavy atom. The Bertz CT molecular complexity index is 1560. The Labute approximate surface area is 236 Å². The van der Waals surface area contributed by atoms with Crippen molar-refractivity contribution in [1.29, 1.82) is 0 Å². The molecule has 9 nitrogen and oxygen atoms in total. The largest absolute Gasteiger partial charge is 0.480 e. The molecule has 0 saturated carbocycles. The molecular weight excluding hydrogens is 557 g/mol. The molecule has 39 heavy (non-hydrogen) atoms. The van der Waals surface area contributed by atoms with Crippen LogP contribution in [0.3, 0.4) is 0 Å². The van der Waals surface area contributed by atoms with Gasteiger partial charge in [-0.1, -0.05) is 67.2 Å². The molecule has 0 radical (unpaired) electrons. The van der Waals surface area contributed by atoms with Gasteiger partial charge in [-0.05, 0) is 43.2 Å². The third-order valence-electron chi connectivity index (χ3n) is 6.53. The molecule has 1 amide bonds. The first kappa shape index (κ1) is 27.3. The van der Waals surface area contributed by atoms with Crippen molar-refractivity contribution in [1.82, 2.24) is 19.0 Å². The molecule has 0 aliphatic carbocycles. The van der Waals surface area contributed by atoms with E-state index < -0.39 is 28.4 Å². The predicted molar refractivity (Wildman–Crippen MR) is 154 cm³/mol. The highest BCUT2D eigenvalue weighted by atomic mass is 32.2. The summed E-state index contributed by atoms with van der Waals surface area (Å²) in [5.41, 5.74) is 2.41. The van der Waals surface area contributed by atoms with Crippen molar-refractivity contribution < 1.29 is 23.1 Å². The van der Waals surface area contributed by atoms with Gasteiger partial charge in [0.15, 0.2) is 0 Å². The van der Waals surface area contributed by atoms with Crippen molar-refractivity contribution in [2.24, 2.45) is 0 Å². The molecule has 0 atom stereocenters. The second-order valence-electron chi connectivity index (χ2n) is 9.22. The maximum Gasteiger partial charge on any atom is 0.323 e. The van der Waals surface area contributed by atoms with E-state index in [9.17, 15) is 18.0 Å². The lowest BCUT2D eigenvalue weighted by atomic mass is 10.1. The number of aromatic nitrogens is 2. The number of sulfonamides is 1. The Morgan fingerprint density at radius 3 is 2.46 bits per heavy atom. The maximum absolute atomic E-state index is 13.5. The first-order valence-electron chi connectivity index (χ1n) is 12.5. The van der Waals surface area contributed by atoms with Gasteiger partial charge in [-0.25, -0.2) is 13.1 Å². The van der Waals surface area contributed by atoms with Gasteiger partial charge in [-0.2, -0.15) is 9.40 Å². The van der Waals surface area contributed by atoms with Crippen molar-refractivity contribution in [2.45, 2.75) is 30.6 Å². The number of nitrogens with zero attached hydrogens (tertiary/aromatic N) is 4. The molecule has 3 aromatic rings. The average Bonchev–Trinajstić information content (AvgIpc) is 3.30. The topological polar surface area (TPSA) is 113 Å². The zero-order valence-electron chi connectivity index (χ0n) is 20.9. The molecule has 0 bridgehead atoms. The van der Waals surface area contributed by atoms with Crippen LogP contribution in [0.25, 0.3) is 23.0 Å². The van der Waals surface area contributed by atoms with Gasteiger partial charge in [0, 0.05) is 30.4 Å². The number of thioether (sulfide) groups is 1. The Morgan fingerprint density at radius 2 is 1.77 bits per heavy atom. The summed E-state index contributed by atoms with van der Waals surface area (Å²) in [6.07, 6.45) is 7.09. The third-order valence-corrected chi connectivity index (χ3v) is 9.80. The minimum absolute atomic E-state index is 0.163. The van der Waals surface area contributed by atoms with Crippen molar-refractivity contribution in [3.8, 4) is 16.9 Å². The molecule has 1 N–H and O–H groups in total. The minimum atomic E-state index is -3.69. The van der Waals surface area contributed by atoms with E-state index in [2.05, 4.69) is 0 Å². The molecule has 2 fully saturated rings. The van der Waals surface area contributed by atoms with Gasteiger partial charge in [-0.3, -0.25) is 14.5 Å². The van der Waals surface area contributed by atoms with Crippen molar-refractivity contribution >= 4 is 56.3 Å². The van der Waals surface area contributed by atoms with Crippen LogP contribution in [0.4, 0.5) is 0 Å². The summed E-state index contributed by atoms with van der Waals surface area (Å²) in [5.74, 6) is -1.66. The number of hydrogen-bond acceptors (Lipinski definition) is 7. The number of rotatable bonds is 7. The predicted octanol–water partition coefficient (Wildman–Crippen LogP) is 4.39. The molecule has 0 unspecified atom stereocenters. The Kier molecular flexibility index (Phi) is 7.98. The molecule has 3 heterocycles. The lowest BCUT2D eigenvalue weighted by Gasteiger charge is -2.20. The van der Waals surface area contributed by atoms with Gasteiger partial charge in [0.1, 0.15) is 16.6 Å². The number of hydrogen-bond donors (Lipinski definition) is 1. The zero-order chi connectivity index (χ0) is 27.6. The van der Waals surface area contributed by atoms with Crippen molar-refractivity contribution in [2.75, 3.05) is 19.6 Å². The molecule has 5 rings (SSSR count).